The van der Waals surface area contributed by atoms with Gasteiger partial charge in [-0.05, 0) is 24.7 Å². The second-order valence-electron chi connectivity index (χ2n) is 7.30. The van der Waals surface area contributed by atoms with Gasteiger partial charge in [-0.2, -0.15) is 0 Å². The Kier molecular flexibility index (Phi) is 8.38. The summed E-state index contributed by atoms with van der Waals surface area (Å²) in [5.74, 6) is 1.54. The number of carbonyl (C=O) groups excluding carboxylic acids is 1. The maximum absolute atomic E-state index is 12.3. The zero-order valence-electron chi connectivity index (χ0n) is 15.2. The van der Waals surface area contributed by atoms with E-state index in [0.29, 0.717) is 17.9 Å². The van der Waals surface area contributed by atoms with Crippen LogP contribution in [0.4, 0.5) is 0 Å². The summed E-state index contributed by atoms with van der Waals surface area (Å²) in [5, 5.41) is 3.26. The van der Waals surface area contributed by atoms with Crippen LogP contribution < -0.4 is 5.32 Å². The summed E-state index contributed by atoms with van der Waals surface area (Å²) in [7, 11) is 0. The summed E-state index contributed by atoms with van der Waals surface area (Å²) < 4.78 is 5.49. The first kappa shape index (κ1) is 18.7. The highest BCUT2D eigenvalue weighted by molar-refractivity contribution is 5.76. The molecule has 1 aliphatic heterocycles. The average Bonchev–Trinajstić information content (AvgIpc) is 2.60. The van der Waals surface area contributed by atoms with E-state index in [9.17, 15) is 4.79 Å². The summed E-state index contributed by atoms with van der Waals surface area (Å²) in [4.78, 5) is 14.9. The Bertz CT molecular complexity index is 332. The van der Waals surface area contributed by atoms with Gasteiger partial charge in [0.05, 0.1) is 13.2 Å². The number of amides is 1. The van der Waals surface area contributed by atoms with Crippen molar-refractivity contribution in [3.8, 4) is 0 Å². The molecule has 4 heteroatoms. The molecule has 0 bridgehead atoms. The molecule has 2 fully saturated rings. The van der Waals surface area contributed by atoms with Crippen LogP contribution in [0.1, 0.15) is 65.2 Å². The van der Waals surface area contributed by atoms with Gasteiger partial charge >= 0.3 is 0 Å². The number of morpholine rings is 1. The summed E-state index contributed by atoms with van der Waals surface area (Å²) in [5.41, 5.74) is 0. The monoisotopic (exact) mass is 324 g/mol. The molecule has 1 N–H and O–H groups in total. The van der Waals surface area contributed by atoms with Gasteiger partial charge in [0.15, 0.2) is 0 Å². The molecule has 0 radical (unpaired) electrons. The van der Waals surface area contributed by atoms with Crippen molar-refractivity contribution in [2.45, 2.75) is 71.3 Å². The average molecular weight is 325 g/mol. The zero-order valence-corrected chi connectivity index (χ0v) is 15.2. The van der Waals surface area contributed by atoms with E-state index in [0.717, 1.165) is 39.3 Å². The minimum absolute atomic E-state index is 0.265. The van der Waals surface area contributed by atoms with Crippen LogP contribution in [-0.2, 0) is 9.53 Å². The molecule has 1 aliphatic carbocycles. The van der Waals surface area contributed by atoms with Gasteiger partial charge in [0.1, 0.15) is 0 Å². The Morgan fingerprint density at radius 2 is 1.78 bits per heavy atom. The van der Waals surface area contributed by atoms with Crippen LogP contribution >= 0.6 is 0 Å². The highest BCUT2D eigenvalue weighted by Crippen LogP contribution is 2.26. The number of carbonyl (C=O) groups is 1. The lowest BCUT2D eigenvalue weighted by Gasteiger charge is -2.39. The van der Waals surface area contributed by atoms with Crippen LogP contribution in [0.2, 0.25) is 0 Å². The third-order valence-corrected chi connectivity index (χ3v) is 5.81. The molecule has 1 amide bonds. The lowest BCUT2D eigenvalue weighted by Crippen LogP contribution is -2.52. The normalized spacial score (nSPS) is 22.2. The van der Waals surface area contributed by atoms with Gasteiger partial charge in [0.25, 0.3) is 0 Å². The minimum atomic E-state index is 0.265. The first-order chi connectivity index (χ1) is 11.2. The van der Waals surface area contributed by atoms with Crippen molar-refractivity contribution in [2.75, 3.05) is 32.8 Å². The topological polar surface area (TPSA) is 41.6 Å². The number of ether oxygens (including phenoxy) is 1. The summed E-state index contributed by atoms with van der Waals surface area (Å²) in [6.07, 6.45) is 9.54. The van der Waals surface area contributed by atoms with E-state index in [4.69, 9.17) is 4.74 Å². The van der Waals surface area contributed by atoms with E-state index >= 15 is 0 Å². The lowest BCUT2D eigenvalue weighted by molar-refractivity contribution is -0.122. The van der Waals surface area contributed by atoms with Gasteiger partial charge in [-0.15, -0.1) is 0 Å². The largest absolute Gasteiger partial charge is 0.379 e. The maximum atomic E-state index is 12.3. The van der Waals surface area contributed by atoms with Crippen molar-refractivity contribution in [3.63, 3.8) is 0 Å². The summed E-state index contributed by atoms with van der Waals surface area (Å²) >= 11 is 0. The number of nitrogens with one attached hydrogen (secondary N) is 1. The molecule has 1 unspecified atom stereocenters. The molecule has 0 aromatic carbocycles. The number of nitrogens with zero attached hydrogens (tertiary/aromatic N) is 1. The van der Waals surface area contributed by atoms with Crippen LogP contribution in [-0.4, -0.2) is 49.7 Å². The van der Waals surface area contributed by atoms with Gasteiger partial charge in [-0.3, -0.25) is 9.69 Å². The van der Waals surface area contributed by atoms with Crippen molar-refractivity contribution < 1.29 is 9.53 Å². The Balaban J connectivity index is 1.82. The van der Waals surface area contributed by atoms with Crippen LogP contribution in [0.25, 0.3) is 0 Å². The van der Waals surface area contributed by atoms with E-state index < -0.39 is 0 Å². The molecule has 0 aromatic heterocycles. The van der Waals surface area contributed by atoms with Crippen molar-refractivity contribution in [1.82, 2.24) is 10.2 Å². The van der Waals surface area contributed by atoms with Crippen molar-refractivity contribution in [3.05, 3.63) is 0 Å². The lowest BCUT2D eigenvalue weighted by atomic mass is 9.86. The molecule has 134 valence electrons. The quantitative estimate of drug-likeness (QED) is 0.745. The van der Waals surface area contributed by atoms with Gasteiger partial charge in [0, 0.05) is 32.1 Å². The Morgan fingerprint density at radius 3 is 2.39 bits per heavy atom. The molecule has 2 rings (SSSR count). The van der Waals surface area contributed by atoms with Gasteiger partial charge in [-0.1, -0.05) is 46.0 Å². The molecule has 0 spiro atoms. The van der Waals surface area contributed by atoms with E-state index in [1.54, 1.807) is 0 Å². The molecule has 1 heterocycles. The zero-order chi connectivity index (χ0) is 16.5. The third kappa shape index (κ3) is 6.07. The molecule has 23 heavy (non-hydrogen) atoms. The minimum Gasteiger partial charge on any atom is -0.379 e. The van der Waals surface area contributed by atoms with Gasteiger partial charge in [0.2, 0.25) is 5.91 Å². The van der Waals surface area contributed by atoms with E-state index in [1.165, 1.54) is 44.9 Å². The number of rotatable bonds is 8. The van der Waals surface area contributed by atoms with E-state index in [1.807, 2.05) is 0 Å². The highest BCUT2D eigenvalue weighted by atomic mass is 16.5. The molecular formula is C19H36N2O2. The highest BCUT2D eigenvalue weighted by Gasteiger charge is 2.27. The van der Waals surface area contributed by atoms with Crippen LogP contribution in [0.15, 0.2) is 0 Å². The summed E-state index contributed by atoms with van der Waals surface area (Å²) in [6, 6.07) is 0.462. The standard InChI is InChI=1S/C19H36N2O2/c1-3-17(4-2)18(21-10-12-23-13-11-21)15-20-19(22)14-16-8-6-5-7-9-16/h16-18H,3-15H2,1-2H3,(H,20,22). The van der Waals surface area contributed by atoms with Crippen molar-refractivity contribution >= 4 is 5.91 Å². The SMILES string of the molecule is CCC(CC)C(CNC(=O)CC1CCCCC1)N1CCOCC1. The number of hydrogen-bond donors (Lipinski definition) is 1. The second-order valence-corrected chi connectivity index (χ2v) is 7.30. The molecule has 0 aromatic rings. The van der Waals surface area contributed by atoms with E-state index in [-0.39, 0.29) is 5.91 Å². The first-order valence-electron chi connectivity index (χ1n) is 9.83. The van der Waals surface area contributed by atoms with Gasteiger partial charge < -0.3 is 10.1 Å². The second kappa shape index (κ2) is 10.3. The maximum Gasteiger partial charge on any atom is 0.220 e. The fraction of sp³-hybridized carbons (Fsp3) is 0.947. The first-order valence-corrected chi connectivity index (χ1v) is 9.83. The van der Waals surface area contributed by atoms with Crippen molar-refractivity contribution in [2.24, 2.45) is 11.8 Å². The van der Waals surface area contributed by atoms with Crippen LogP contribution in [0.5, 0.6) is 0 Å². The van der Waals surface area contributed by atoms with Crippen LogP contribution in [0, 0.1) is 11.8 Å². The predicted octanol–water partition coefficient (Wildman–Crippen LogP) is 3.21. The Hall–Kier alpha value is -0.610. The molecule has 2 aliphatic rings. The van der Waals surface area contributed by atoms with Crippen LogP contribution in [0.3, 0.4) is 0 Å². The molecular weight excluding hydrogens is 288 g/mol. The Morgan fingerprint density at radius 1 is 1.13 bits per heavy atom. The smallest absolute Gasteiger partial charge is 0.220 e. The Labute approximate surface area is 142 Å². The predicted molar refractivity (Wildman–Crippen MR) is 94.5 cm³/mol. The fourth-order valence-electron chi connectivity index (χ4n) is 4.28. The fourth-order valence-corrected chi connectivity index (χ4v) is 4.28. The molecule has 1 atom stereocenters. The molecule has 1 saturated carbocycles. The summed E-state index contributed by atoms with van der Waals surface area (Å²) in [6.45, 7) is 8.99. The van der Waals surface area contributed by atoms with E-state index in [2.05, 4.69) is 24.1 Å². The van der Waals surface area contributed by atoms with Gasteiger partial charge in [-0.25, -0.2) is 0 Å². The molecule has 1 saturated heterocycles. The molecule has 4 nitrogen and oxygen atoms in total. The number of hydrogen-bond acceptors (Lipinski definition) is 3. The van der Waals surface area contributed by atoms with Crippen molar-refractivity contribution in [1.29, 1.82) is 0 Å². The third-order valence-electron chi connectivity index (χ3n) is 5.81.